The van der Waals surface area contributed by atoms with E-state index >= 15 is 0 Å². The van der Waals surface area contributed by atoms with E-state index in [0.29, 0.717) is 5.92 Å². The number of hydrogen-bond acceptors (Lipinski definition) is 2. The molecule has 2 aromatic rings. The first kappa shape index (κ1) is 12.5. The van der Waals surface area contributed by atoms with Crippen molar-refractivity contribution in [2.75, 3.05) is 5.73 Å². The van der Waals surface area contributed by atoms with Gasteiger partial charge in [0.1, 0.15) is 0 Å². The number of carboxylic acid groups (broad SMARTS) is 1. The SMILES string of the molecule is Nc1cccc(-c2ccc([C@@H]3C[C@H]3NC(=O)O)cc2)c1. The summed E-state index contributed by atoms with van der Waals surface area (Å²) in [6, 6.07) is 16.1. The molecule has 102 valence electrons. The van der Waals surface area contributed by atoms with E-state index in [9.17, 15) is 4.79 Å². The van der Waals surface area contributed by atoms with Crippen molar-refractivity contribution in [3.63, 3.8) is 0 Å². The van der Waals surface area contributed by atoms with E-state index in [-0.39, 0.29) is 6.04 Å². The van der Waals surface area contributed by atoms with E-state index in [4.69, 9.17) is 10.8 Å². The third-order valence-corrected chi connectivity index (χ3v) is 3.66. The second kappa shape index (κ2) is 4.89. The van der Waals surface area contributed by atoms with Crippen LogP contribution in [-0.4, -0.2) is 17.2 Å². The van der Waals surface area contributed by atoms with Crippen molar-refractivity contribution in [1.29, 1.82) is 0 Å². The molecule has 0 aromatic heterocycles. The number of nitrogens with one attached hydrogen (secondary N) is 1. The highest BCUT2D eigenvalue weighted by Crippen LogP contribution is 2.41. The van der Waals surface area contributed by atoms with Crippen LogP contribution in [0.15, 0.2) is 48.5 Å². The summed E-state index contributed by atoms with van der Waals surface area (Å²) in [6.45, 7) is 0. The molecule has 4 N–H and O–H groups in total. The standard InChI is InChI=1S/C16H16N2O2/c17-13-3-1-2-12(8-13)10-4-6-11(7-5-10)14-9-15(14)18-16(19)20/h1-8,14-15,18H,9,17H2,(H,19,20)/t14-,15+/m0/s1. The molecule has 1 aliphatic carbocycles. The van der Waals surface area contributed by atoms with E-state index in [1.54, 1.807) is 0 Å². The Kier molecular flexibility index (Phi) is 3.06. The minimum absolute atomic E-state index is 0.0609. The van der Waals surface area contributed by atoms with Gasteiger partial charge in [-0.3, -0.25) is 0 Å². The quantitative estimate of drug-likeness (QED) is 0.749. The van der Waals surface area contributed by atoms with Crippen LogP contribution in [0, 0.1) is 0 Å². The van der Waals surface area contributed by atoms with Crippen molar-refractivity contribution >= 4 is 11.8 Å². The summed E-state index contributed by atoms with van der Waals surface area (Å²) in [6.07, 6.45) is -0.0712. The van der Waals surface area contributed by atoms with Crippen molar-refractivity contribution < 1.29 is 9.90 Å². The highest BCUT2D eigenvalue weighted by atomic mass is 16.4. The van der Waals surface area contributed by atoms with Crippen LogP contribution in [0.5, 0.6) is 0 Å². The smallest absolute Gasteiger partial charge is 0.404 e. The molecular weight excluding hydrogens is 252 g/mol. The lowest BCUT2D eigenvalue weighted by Gasteiger charge is -2.05. The molecule has 2 aromatic carbocycles. The van der Waals surface area contributed by atoms with Crippen molar-refractivity contribution in [3.05, 3.63) is 54.1 Å². The average Bonchev–Trinajstić information content (AvgIpc) is 3.17. The molecule has 2 atom stereocenters. The molecular formula is C16H16N2O2. The lowest BCUT2D eigenvalue weighted by molar-refractivity contribution is 0.193. The third kappa shape index (κ3) is 2.59. The van der Waals surface area contributed by atoms with Crippen LogP contribution in [0.4, 0.5) is 10.5 Å². The number of rotatable bonds is 3. The van der Waals surface area contributed by atoms with Crippen molar-refractivity contribution in [3.8, 4) is 11.1 Å². The summed E-state index contributed by atoms with van der Waals surface area (Å²) in [7, 11) is 0. The van der Waals surface area contributed by atoms with E-state index in [1.807, 2.05) is 24.3 Å². The molecule has 4 heteroatoms. The monoisotopic (exact) mass is 268 g/mol. The first-order chi connectivity index (χ1) is 9.63. The molecule has 4 nitrogen and oxygen atoms in total. The van der Waals surface area contributed by atoms with Gasteiger partial charge in [0, 0.05) is 17.6 Å². The molecule has 1 saturated carbocycles. The van der Waals surface area contributed by atoms with E-state index < -0.39 is 6.09 Å². The highest BCUT2D eigenvalue weighted by Gasteiger charge is 2.39. The van der Waals surface area contributed by atoms with Crippen LogP contribution < -0.4 is 11.1 Å². The van der Waals surface area contributed by atoms with Gasteiger partial charge < -0.3 is 16.2 Å². The van der Waals surface area contributed by atoms with Crippen molar-refractivity contribution in [2.24, 2.45) is 0 Å². The maximum absolute atomic E-state index is 10.6. The number of anilines is 1. The van der Waals surface area contributed by atoms with Gasteiger partial charge >= 0.3 is 6.09 Å². The molecule has 0 bridgehead atoms. The van der Waals surface area contributed by atoms with Crippen LogP contribution in [0.2, 0.25) is 0 Å². The molecule has 20 heavy (non-hydrogen) atoms. The zero-order valence-corrected chi connectivity index (χ0v) is 10.9. The van der Waals surface area contributed by atoms with Crippen LogP contribution >= 0.6 is 0 Å². The van der Waals surface area contributed by atoms with Gasteiger partial charge in [-0.2, -0.15) is 0 Å². The van der Waals surface area contributed by atoms with Crippen LogP contribution in [0.25, 0.3) is 11.1 Å². The maximum Gasteiger partial charge on any atom is 0.404 e. The molecule has 3 rings (SSSR count). The molecule has 1 fully saturated rings. The Bertz CT molecular complexity index is 637. The number of nitrogens with two attached hydrogens (primary N) is 1. The summed E-state index contributed by atoms with van der Waals surface area (Å²) in [5.41, 5.74) is 9.92. The fourth-order valence-electron chi connectivity index (χ4n) is 2.52. The number of hydrogen-bond donors (Lipinski definition) is 3. The topological polar surface area (TPSA) is 75.3 Å². The Morgan fingerprint density at radius 1 is 1.15 bits per heavy atom. The van der Waals surface area contributed by atoms with Gasteiger partial charge in [-0.15, -0.1) is 0 Å². The molecule has 1 amide bonds. The summed E-state index contributed by atoms with van der Waals surface area (Å²) in [5.74, 6) is 0.306. The summed E-state index contributed by atoms with van der Waals surface area (Å²) >= 11 is 0. The fourth-order valence-corrected chi connectivity index (χ4v) is 2.52. The lowest BCUT2D eigenvalue weighted by atomic mass is 10.0. The van der Waals surface area contributed by atoms with Gasteiger partial charge in [0.15, 0.2) is 0 Å². The second-order valence-corrected chi connectivity index (χ2v) is 5.15. The number of carbonyl (C=O) groups is 1. The largest absolute Gasteiger partial charge is 0.465 e. The lowest BCUT2D eigenvalue weighted by Crippen LogP contribution is -2.24. The molecule has 0 saturated heterocycles. The first-order valence-electron chi connectivity index (χ1n) is 6.59. The Morgan fingerprint density at radius 2 is 1.90 bits per heavy atom. The Labute approximate surface area is 117 Å². The van der Waals surface area contributed by atoms with Gasteiger partial charge in [-0.1, -0.05) is 36.4 Å². The van der Waals surface area contributed by atoms with Crippen molar-refractivity contribution in [2.45, 2.75) is 18.4 Å². The minimum atomic E-state index is -0.950. The fraction of sp³-hybridized carbons (Fsp3) is 0.188. The van der Waals surface area contributed by atoms with Crippen LogP contribution in [0.3, 0.4) is 0 Å². The molecule has 0 aliphatic heterocycles. The zero-order valence-electron chi connectivity index (χ0n) is 10.9. The van der Waals surface area contributed by atoms with Crippen LogP contribution in [-0.2, 0) is 0 Å². The first-order valence-corrected chi connectivity index (χ1v) is 6.59. The molecule has 1 aliphatic rings. The normalized spacial score (nSPS) is 20.4. The van der Waals surface area contributed by atoms with Gasteiger partial charge in [0.2, 0.25) is 0 Å². The molecule has 0 spiro atoms. The number of nitrogen functional groups attached to an aromatic ring is 1. The van der Waals surface area contributed by atoms with E-state index in [1.165, 1.54) is 5.56 Å². The number of benzene rings is 2. The van der Waals surface area contributed by atoms with E-state index in [2.05, 4.69) is 29.6 Å². The van der Waals surface area contributed by atoms with Gasteiger partial charge in [-0.25, -0.2) is 4.79 Å². The highest BCUT2D eigenvalue weighted by molar-refractivity contribution is 5.68. The molecule has 0 radical (unpaired) electrons. The predicted molar refractivity (Wildman–Crippen MR) is 78.6 cm³/mol. The Hall–Kier alpha value is -2.49. The average molecular weight is 268 g/mol. The summed E-state index contributed by atoms with van der Waals surface area (Å²) in [5, 5.41) is 11.2. The summed E-state index contributed by atoms with van der Waals surface area (Å²) in [4.78, 5) is 10.6. The Morgan fingerprint density at radius 3 is 2.55 bits per heavy atom. The summed E-state index contributed by atoms with van der Waals surface area (Å²) < 4.78 is 0. The van der Waals surface area contributed by atoms with Gasteiger partial charge in [-0.05, 0) is 35.2 Å². The Balaban J connectivity index is 1.74. The van der Waals surface area contributed by atoms with Gasteiger partial charge in [0.05, 0.1) is 0 Å². The predicted octanol–water partition coefficient (Wildman–Crippen LogP) is 3.06. The van der Waals surface area contributed by atoms with Crippen molar-refractivity contribution in [1.82, 2.24) is 5.32 Å². The maximum atomic E-state index is 10.6. The van der Waals surface area contributed by atoms with E-state index in [0.717, 1.165) is 23.2 Å². The third-order valence-electron chi connectivity index (χ3n) is 3.66. The van der Waals surface area contributed by atoms with Crippen LogP contribution in [0.1, 0.15) is 17.9 Å². The molecule has 0 heterocycles. The zero-order chi connectivity index (χ0) is 14.1. The second-order valence-electron chi connectivity index (χ2n) is 5.15. The minimum Gasteiger partial charge on any atom is -0.465 e. The van der Waals surface area contributed by atoms with Gasteiger partial charge in [0.25, 0.3) is 0 Å². The molecule has 0 unspecified atom stereocenters. The number of amides is 1.